The molecule has 29 heavy (non-hydrogen) atoms. The van der Waals surface area contributed by atoms with Gasteiger partial charge in [0.1, 0.15) is 11.6 Å². The van der Waals surface area contributed by atoms with E-state index in [1.165, 1.54) is 5.56 Å². The number of benzene rings is 2. The van der Waals surface area contributed by atoms with Crippen molar-refractivity contribution in [3.05, 3.63) is 89.9 Å². The summed E-state index contributed by atoms with van der Waals surface area (Å²) >= 11 is 0. The molecule has 7 nitrogen and oxygen atoms in total. The lowest BCUT2D eigenvalue weighted by Crippen LogP contribution is -2.12. The minimum atomic E-state index is -0.194. The Kier molecular flexibility index (Phi) is 5.38. The van der Waals surface area contributed by atoms with Crippen LogP contribution in [-0.4, -0.2) is 33.0 Å². The average molecular weight is 387 g/mol. The third-order valence-electron chi connectivity index (χ3n) is 4.58. The lowest BCUT2D eigenvalue weighted by molar-refractivity contribution is 0.102. The summed E-state index contributed by atoms with van der Waals surface area (Å²) in [5.74, 6) is 1.22. The molecule has 2 aromatic carbocycles. The standard InChI is InChI=1S/C22H21N5O2/c1-29-20-5-2-4-16(14-20)6-9-18-15-21(26-25-18)24-22(28)17-7-10-19(11-8-17)27-13-3-12-23-27/h2-5,7-8,10-15H,6,9H2,1H3,(H2,24,25,26,28). The number of nitrogens with one attached hydrogen (secondary N) is 2. The SMILES string of the molecule is COc1cccc(CCc2cc(NC(=O)c3ccc(-n4cccn4)cc3)[nH]n2)c1. The summed E-state index contributed by atoms with van der Waals surface area (Å²) in [6, 6.07) is 18.9. The number of ether oxygens (including phenoxy) is 1. The van der Waals surface area contributed by atoms with Gasteiger partial charge >= 0.3 is 0 Å². The van der Waals surface area contributed by atoms with Crippen molar-refractivity contribution in [2.24, 2.45) is 0 Å². The van der Waals surface area contributed by atoms with Gasteiger partial charge in [0.15, 0.2) is 0 Å². The molecule has 4 aromatic rings. The molecule has 0 saturated carbocycles. The summed E-state index contributed by atoms with van der Waals surface area (Å²) in [4.78, 5) is 12.5. The van der Waals surface area contributed by atoms with Crippen LogP contribution in [0.5, 0.6) is 5.75 Å². The summed E-state index contributed by atoms with van der Waals surface area (Å²) in [6.07, 6.45) is 5.17. The van der Waals surface area contributed by atoms with Crippen LogP contribution >= 0.6 is 0 Å². The van der Waals surface area contributed by atoms with Gasteiger partial charge in [0.25, 0.3) is 5.91 Å². The lowest BCUT2D eigenvalue weighted by Gasteiger charge is -2.05. The highest BCUT2D eigenvalue weighted by molar-refractivity contribution is 6.03. The molecule has 0 atom stereocenters. The molecule has 1 amide bonds. The van der Waals surface area contributed by atoms with Crippen molar-refractivity contribution in [2.45, 2.75) is 12.8 Å². The predicted molar refractivity (Wildman–Crippen MR) is 111 cm³/mol. The molecule has 0 radical (unpaired) electrons. The molecule has 0 aliphatic heterocycles. The number of hydrogen-bond acceptors (Lipinski definition) is 4. The molecule has 4 rings (SSSR count). The van der Waals surface area contributed by atoms with Crippen LogP contribution in [0.3, 0.4) is 0 Å². The number of nitrogens with zero attached hydrogens (tertiary/aromatic N) is 3. The van der Waals surface area contributed by atoms with E-state index in [0.717, 1.165) is 30.0 Å². The smallest absolute Gasteiger partial charge is 0.256 e. The van der Waals surface area contributed by atoms with Gasteiger partial charge in [0.05, 0.1) is 18.5 Å². The zero-order valence-electron chi connectivity index (χ0n) is 16.0. The average Bonchev–Trinajstić information content (AvgIpc) is 3.45. The zero-order chi connectivity index (χ0) is 20.1. The van der Waals surface area contributed by atoms with Crippen molar-refractivity contribution in [3.8, 4) is 11.4 Å². The van der Waals surface area contributed by atoms with Crippen molar-refractivity contribution < 1.29 is 9.53 Å². The summed E-state index contributed by atoms with van der Waals surface area (Å²) in [7, 11) is 1.66. The molecule has 0 fully saturated rings. The first-order valence-electron chi connectivity index (χ1n) is 9.30. The predicted octanol–water partition coefficient (Wildman–Crippen LogP) is 3.64. The maximum absolute atomic E-state index is 12.5. The Balaban J connectivity index is 1.35. The van der Waals surface area contributed by atoms with Gasteiger partial charge in [-0.3, -0.25) is 9.89 Å². The van der Waals surface area contributed by atoms with Gasteiger partial charge in [-0.15, -0.1) is 0 Å². The van der Waals surface area contributed by atoms with Crippen molar-refractivity contribution >= 4 is 11.7 Å². The van der Waals surface area contributed by atoms with Crippen molar-refractivity contribution in [2.75, 3.05) is 12.4 Å². The number of amides is 1. The fraction of sp³-hybridized carbons (Fsp3) is 0.136. The molecule has 0 spiro atoms. The first-order valence-corrected chi connectivity index (χ1v) is 9.30. The topological polar surface area (TPSA) is 84.8 Å². The Morgan fingerprint density at radius 1 is 1.10 bits per heavy atom. The summed E-state index contributed by atoms with van der Waals surface area (Å²) in [6.45, 7) is 0. The Labute approximate surface area is 168 Å². The molecule has 0 bridgehead atoms. The van der Waals surface area contributed by atoms with E-state index in [9.17, 15) is 4.79 Å². The van der Waals surface area contributed by atoms with Crippen LogP contribution in [0.1, 0.15) is 21.6 Å². The van der Waals surface area contributed by atoms with E-state index >= 15 is 0 Å². The minimum absolute atomic E-state index is 0.194. The summed E-state index contributed by atoms with van der Waals surface area (Å²) in [5.41, 5.74) is 3.52. The fourth-order valence-corrected chi connectivity index (χ4v) is 3.04. The number of carbonyl (C=O) groups is 1. The maximum atomic E-state index is 12.5. The second-order valence-electron chi connectivity index (χ2n) is 6.58. The van der Waals surface area contributed by atoms with Crippen LogP contribution < -0.4 is 10.1 Å². The first-order chi connectivity index (χ1) is 14.2. The molecule has 146 valence electrons. The van der Waals surface area contributed by atoms with E-state index in [1.807, 2.05) is 48.7 Å². The van der Waals surface area contributed by atoms with Crippen LogP contribution in [0.15, 0.2) is 73.1 Å². The van der Waals surface area contributed by atoms with Gasteiger partial charge < -0.3 is 10.1 Å². The van der Waals surface area contributed by atoms with E-state index in [1.54, 1.807) is 30.1 Å². The highest BCUT2D eigenvalue weighted by Gasteiger charge is 2.09. The Hall–Kier alpha value is -3.87. The van der Waals surface area contributed by atoms with Gasteiger partial charge in [-0.05, 0) is 60.9 Å². The molecular weight excluding hydrogens is 366 g/mol. The van der Waals surface area contributed by atoms with Gasteiger partial charge in [-0.1, -0.05) is 12.1 Å². The van der Waals surface area contributed by atoms with Crippen LogP contribution in [0.25, 0.3) is 5.69 Å². The first kappa shape index (κ1) is 18.5. The van der Waals surface area contributed by atoms with E-state index in [4.69, 9.17) is 4.74 Å². The molecule has 0 saturated heterocycles. The Morgan fingerprint density at radius 3 is 2.72 bits per heavy atom. The van der Waals surface area contributed by atoms with E-state index in [0.29, 0.717) is 11.4 Å². The van der Waals surface area contributed by atoms with Gasteiger partial charge in [-0.25, -0.2) is 4.68 Å². The lowest BCUT2D eigenvalue weighted by atomic mass is 10.1. The number of aromatic amines is 1. The number of aryl methyl sites for hydroxylation is 2. The molecule has 2 heterocycles. The van der Waals surface area contributed by atoms with Crippen LogP contribution in [-0.2, 0) is 12.8 Å². The fourth-order valence-electron chi connectivity index (χ4n) is 3.04. The molecule has 2 N–H and O–H groups in total. The highest BCUT2D eigenvalue weighted by atomic mass is 16.5. The quantitative estimate of drug-likeness (QED) is 0.507. The zero-order valence-corrected chi connectivity index (χ0v) is 16.0. The number of anilines is 1. The minimum Gasteiger partial charge on any atom is -0.497 e. The van der Waals surface area contributed by atoms with E-state index in [-0.39, 0.29) is 5.91 Å². The number of H-pyrrole nitrogens is 1. The van der Waals surface area contributed by atoms with Crippen molar-refractivity contribution in [1.82, 2.24) is 20.0 Å². The second kappa shape index (κ2) is 8.43. The van der Waals surface area contributed by atoms with Gasteiger partial charge in [-0.2, -0.15) is 10.2 Å². The maximum Gasteiger partial charge on any atom is 0.256 e. The molecule has 0 aliphatic carbocycles. The molecular formula is C22H21N5O2. The Morgan fingerprint density at radius 2 is 1.97 bits per heavy atom. The van der Waals surface area contributed by atoms with Gasteiger partial charge in [0.2, 0.25) is 0 Å². The number of carbonyl (C=O) groups excluding carboxylic acids is 1. The normalized spacial score (nSPS) is 10.7. The van der Waals surface area contributed by atoms with Crippen LogP contribution in [0.4, 0.5) is 5.82 Å². The summed E-state index contributed by atoms with van der Waals surface area (Å²) in [5, 5.41) is 14.2. The third kappa shape index (κ3) is 4.52. The molecule has 0 unspecified atom stereocenters. The highest BCUT2D eigenvalue weighted by Crippen LogP contribution is 2.16. The van der Waals surface area contributed by atoms with Crippen LogP contribution in [0.2, 0.25) is 0 Å². The number of methoxy groups -OCH3 is 1. The molecule has 2 aromatic heterocycles. The second-order valence-corrected chi connectivity index (χ2v) is 6.58. The number of rotatable bonds is 7. The van der Waals surface area contributed by atoms with Crippen LogP contribution in [0, 0.1) is 0 Å². The van der Waals surface area contributed by atoms with E-state index in [2.05, 4.69) is 26.7 Å². The van der Waals surface area contributed by atoms with Crippen molar-refractivity contribution in [3.63, 3.8) is 0 Å². The van der Waals surface area contributed by atoms with Gasteiger partial charge in [0, 0.05) is 24.0 Å². The number of hydrogen-bond donors (Lipinski definition) is 2. The Bertz CT molecular complexity index is 1080. The summed E-state index contributed by atoms with van der Waals surface area (Å²) < 4.78 is 6.99. The molecule has 0 aliphatic rings. The molecule has 7 heteroatoms. The number of aromatic nitrogens is 4. The van der Waals surface area contributed by atoms with E-state index < -0.39 is 0 Å². The van der Waals surface area contributed by atoms with Crippen molar-refractivity contribution in [1.29, 1.82) is 0 Å². The third-order valence-corrected chi connectivity index (χ3v) is 4.58. The monoisotopic (exact) mass is 387 g/mol. The largest absolute Gasteiger partial charge is 0.497 e.